The van der Waals surface area contributed by atoms with Gasteiger partial charge in [0.05, 0.1) is 27.7 Å². The first-order chi connectivity index (χ1) is 23.7. The molecule has 2 heterocycles. The van der Waals surface area contributed by atoms with Crippen molar-refractivity contribution in [2.75, 3.05) is 0 Å². The predicted molar refractivity (Wildman–Crippen MR) is 168 cm³/mol. The van der Waals surface area contributed by atoms with Gasteiger partial charge in [-0.15, -0.1) is 0 Å². The van der Waals surface area contributed by atoms with Gasteiger partial charge >= 0.3 is 0 Å². The van der Waals surface area contributed by atoms with E-state index in [9.17, 15) is 0 Å². The molecule has 0 amide bonds. The fourth-order valence-corrected chi connectivity index (χ4v) is 5.26. The minimum absolute atomic E-state index is 0.0265. The summed E-state index contributed by atoms with van der Waals surface area (Å²) in [5.74, 6) is 1.40. The molecule has 0 atom stereocenters. The number of benzene rings is 6. The highest BCUT2D eigenvalue weighted by atomic mass is 15.0. The molecule has 0 aliphatic rings. The van der Waals surface area contributed by atoms with Crippen LogP contribution in [0.2, 0.25) is 0 Å². The van der Waals surface area contributed by atoms with Crippen molar-refractivity contribution in [3.63, 3.8) is 0 Å². The van der Waals surface area contributed by atoms with Crippen molar-refractivity contribution in [2.45, 2.75) is 0 Å². The Kier molecular flexibility index (Phi) is 3.84. The van der Waals surface area contributed by atoms with Crippen LogP contribution >= 0.6 is 0 Å². The molecule has 8 aromatic rings. The summed E-state index contributed by atoms with van der Waals surface area (Å²) in [4.78, 5) is 14.6. The third-order valence-corrected chi connectivity index (χ3v) is 7.11. The van der Waals surface area contributed by atoms with Gasteiger partial charge in [0.15, 0.2) is 17.5 Å². The summed E-state index contributed by atoms with van der Waals surface area (Å²) in [5.41, 5.74) is 2.90. The van der Waals surface area contributed by atoms with Gasteiger partial charge < -0.3 is 4.57 Å². The Hall–Kier alpha value is -5.61. The summed E-state index contributed by atoms with van der Waals surface area (Å²) in [6.07, 6.45) is 0. The molecule has 0 bridgehead atoms. The topological polar surface area (TPSA) is 43.6 Å². The molecule has 4 heteroatoms. The molecular formula is C37H24N4. The number of aromatic nitrogens is 4. The molecule has 0 fully saturated rings. The van der Waals surface area contributed by atoms with E-state index in [2.05, 4.69) is 0 Å². The zero-order valence-electron chi connectivity index (χ0n) is 29.5. The summed E-state index contributed by atoms with van der Waals surface area (Å²) in [6.45, 7) is 0. The van der Waals surface area contributed by atoms with Crippen LogP contribution in [0.4, 0.5) is 0 Å². The number of hydrogen-bond acceptors (Lipinski definition) is 3. The maximum atomic E-state index is 8.94. The average Bonchev–Trinajstić information content (AvgIpc) is 3.51. The van der Waals surface area contributed by atoms with Crippen molar-refractivity contribution in [3.8, 4) is 39.9 Å². The van der Waals surface area contributed by atoms with Gasteiger partial charge in [0.2, 0.25) is 0 Å². The monoisotopic (exact) mass is 532 g/mol. The van der Waals surface area contributed by atoms with Crippen LogP contribution in [0.5, 0.6) is 0 Å². The normalized spacial score (nSPS) is 14.1. The second kappa shape index (κ2) is 9.54. The molecule has 0 spiro atoms. The number of nitrogens with zero attached hydrogens (tertiary/aromatic N) is 4. The highest BCUT2D eigenvalue weighted by molar-refractivity contribution is 6.11. The molecule has 4 nitrogen and oxygen atoms in total. The molecule has 0 N–H and O–H groups in total. The van der Waals surface area contributed by atoms with E-state index >= 15 is 0 Å². The Morgan fingerprint density at radius 3 is 1.51 bits per heavy atom. The van der Waals surface area contributed by atoms with E-state index in [1.54, 1.807) is 6.07 Å². The van der Waals surface area contributed by atoms with E-state index in [1.165, 1.54) is 4.57 Å². The molecule has 192 valence electrons. The van der Waals surface area contributed by atoms with Gasteiger partial charge in [-0.2, -0.15) is 0 Å². The minimum Gasteiger partial charge on any atom is -0.309 e. The van der Waals surface area contributed by atoms with Crippen LogP contribution in [0.25, 0.3) is 72.4 Å². The van der Waals surface area contributed by atoms with Gasteiger partial charge in [-0.05, 0) is 29.6 Å². The van der Waals surface area contributed by atoms with Crippen molar-refractivity contribution in [1.82, 2.24) is 19.5 Å². The van der Waals surface area contributed by atoms with E-state index in [0.717, 1.165) is 16.5 Å². The lowest BCUT2D eigenvalue weighted by Crippen LogP contribution is -2.01. The zero-order valence-corrected chi connectivity index (χ0v) is 21.5. The Morgan fingerprint density at radius 1 is 0.439 bits per heavy atom. The van der Waals surface area contributed by atoms with Crippen molar-refractivity contribution < 1.29 is 11.0 Å². The van der Waals surface area contributed by atoms with Gasteiger partial charge in [0, 0.05) is 32.8 Å². The first-order valence-electron chi connectivity index (χ1n) is 17.1. The standard InChI is InChI=1S/C37H24N4/c1-3-13-25(14-4-1)35-38-36(26-15-5-2-6-16-26)40-37(39-35)31-23-24-34(28-18-8-7-17-27(28)31)41-32-21-11-9-19-29(32)30-20-10-12-22-33(30)41/h1-24H/i9D,10D,11D,12D,19D,20D,21D,22D. The largest absolute Gasteiger partial charge is 0.309 e. The molecule has 41 heavy (non-hydrogen) atoms. The van der Waals surface area contributed by atoms with Gasteiger partial charge in [-0.25, -0.2) is 15.0 Å². The van der Waals surface area contributed by atoms with Crippen LogP contribution in [0.1, 0.15) is 11.0 Å². The first-order valence-corrected chi connectivity index (χ1v) is 13.1. The van der Waals surface area contributed by atoms with E-state index in [-0.39, 0.29) is 46.0 Å². The summed E-state index contributed by atoms with van der Waals surface area (Å²) < 4.78 is 70.7. The fraction of sp³-hybridized carbons (Fsp3) is 0. The van der Waals surface area contributed by atoms with Gasteiger partial charge in [0.25, 0.3) is 0 Å². The lowest BCUT2D eigenvalue weighted by molar-refractivity contribution is 1.08. The average molecular weight is 533 g/mol. The molecule has 0 saturated heterocycles. The van der Waals surface area contributed by atoms with Crippen LogP contribution in [-0.2, 0) is 0 Å². The maximum Gasteiger partial charge on any atom is 0.164 e. The van der Waals surface area contributed by atoms with Crippen LogP contribution in [0.15, 0.2) is 145 Å². The van der Waals surface area contributed by atoms with Gasteiger partial charge in [-0.3, -0.25) is 0 Å². The zero-order chi connectivity index (χ0) is 34.1. The maximum absolute atomic E-state index is 8.94. The Labute approximate surface area is 248 Å². The lowest BCUT2D eigenvalue weighted by Gasteiger charge is -2.15. The van der Waals surface area contributed by atoms with Crippen molar-refractivity contribution in [2.24, 2.45) is 0 Å². The summed E-state index contributed by atoms with van der Waals surface area (Å²) in [7, 11) is 0. The number of hydrogen-bond donors (Lipinski definition) is 0. The van der Waals surface area contributed by atoms with E-state index in [1.807, 2.05) is 91.0 Å². The number of rotatable bonds is 4. The predicted octanol–water partition coefficient (Wildman–Crippen LogP) is 9.12. The third kappa shape index (κ3) is 3.88. The molecule has 0 aliphatic carbocycles. The smallest absolute Gasteiger partial charge is 0.164 e. The molecule has 0 radical (unpaired) electrons. The lowest BCUT2D eigenvalue weighted by atomic mass is 10.0. The summed E-state index contributed by atoms with van der Waals surface area (Å²) in [6, 6.07) is 27.0. The van der Waals surface area contributed by atoms with Crippen LogP contribution in [-0.4, -0.2) is 19.5 Å². The van der Waals surface area contributed by atoms with Gasteiger partial charge in [0.1, 0.15) is 0 Å². The second-order valence-corrected chi connectivity index (χ2v) is 9.50. The number of fused-ring (bicyclic) bond motifs is 4. The quantitative estimate of drug-likeness (QED) is 0.227. The van der Waals surface area contributed by atoms with E-state index in [0.29, 0.717) is 34.1 Å². The molecule has 8 rings (SSSR count). The molecule has 0 saturated carbocycles. The summed E-state index contributed by atoms with van der Waals surface area (Å²) >= 11 is 0. The highest BCUT2D eigenvalue weighted by Crippen LogP contribution is 2.37. The molecule has 0 unspecified atom stereocenters. The first kappa shape index (κ1) is 16.5. The minimum atomic E-state index is -0.484. The summed E-state index contributed by atoms with van der Waals surface area (Å²) in [5, 5.41) is 1.43. The Bertz CT molecular complexity index is 2510. The Morgan fingerprint density at radius 2 is 0.927 bits per heavy atom. The fourth-order valence-electron chi connectivity index (χ4n) is 5.26. The SMILES string of the molecule is [2H]c1c([2H])c([2H])c2c(c1[2H])c1c([2H])c([2H])c([2H])c([2H])c1n2-c1ccc(-c2nc(-c3ccccc3)nc(-c3ccccc3)n2)c2ccccc12. The highest BCUT2D eigenvalue weighted by Gasteiger charge is 2.18. The van der Waals surface area contributed by atoms with Crippen LogP contribution in [0, 0.1) is 0 Å². The van der Waals surface area contributed by atoms with Crippen molar-refractivity contribution in [1.29, 1.82) is 0 Å². The molecule has 6 aromatic carbocycles. The van der Waals surface area contributed by atoms with Crippen LogP contribution in [0.3, 0.4) is 0 Å². The van der Waals surface area contributed by atoms with Crippen molar-refractivity contribution >= 4 is 32.6 Å². The van der Waals surface area contributed by atoms with Gasteiger partial charge in [-0.1, -0.05) is 121 Å². The van der Waals surface area contributed by atoms with E-state index in [4.69, 9.17) is 25.9 Å². The number of para-hydroxylation sites is 2. The molecular weight excluding hydrogens is 500 g/mol. The molecule has 2 aromatic heterocycles. The van der Waals surface area contributed by atoms with Crippen molar-refractivity contribution in [3.05, 3.63) is 145 Å². The van der Waals surface area contributed by atoms with E-state index < -0.39 is 24.2 Å². The second-order valence-electron chi connectivity index (χ2n) is 9.50. The third-order valence-electron chi connectivity index (χ3n) is 7.11. The van der Waals surface area contributed by atoms with Crippen LogP contribution < -0.4 is 0 Å². The Balaban J connectivity index is 1.48. The molecule has 0 aliphatic heterocycles.